The molecule has 2 atom stereocenters. The van der Waals surface area contributed by atoms with Crippen molar-refractivity contribution in [1.82, 2.24) is 5.32 Å². The summed E-state index contributed by atoms with van der Waals surface area (Å²) in [5.41, 5.74) is 0. The van der Waals surface area contributed by atoms with Crippen LogP contribution >= 0.6 is 0 Å². The molecule has 0 aromatic rings. The van der Waals surface area contributed by atoms with Gasteiger partial charge in [0, 0.05) is 12.8 Å². The minimum atomic E-state index is -0.666. The van der Waals surface area contributed by atoms with E-state index in [1.807, 2.05) is 0 Å². The molecule has 0 aliphatic heterocycles. The van der Waals surface area contributed by atoms with Gasteiger partial charge >= 0.3 is 5.97 Å². The van der Waals surface area contributed by atoms with Crippen molar-refractivity contribution < 1.29 is 24.5 Å². The first-order chi connectivity index (χ1) is 29.0. The van der Waals surface area contributed by atoms with Crippen molar-refractivity contribution in [3.63, 3.8) is 0 Å². The van der Waals surface area contributed by atoms with Crippen molar-refractivity contribution in [2.24, 2.45) is 0 Å². The Hall–Kier alpha value is -1.40. The molecule has 0 aromatic heterocycles. The van der Waals surface area contributed by atoms with Gasteiger partial charge in [0.15, 0.2) is 0 Å². The van der Waals surface area contributed by atoms with E-state index in [0.29, 0.717) is 25.9 Å². The van der Waals surface area contributed by atoms with Crippen molar-refractivity contribution in [3.05, 3.63) is 12.2 Å². The quantitative estimate of drug-likeness (QED) is 0.0322. The third-order valence-electron chi connectivity index (χ3n) is 12.3. The van der Waals surface area contributed by atoms with E-state index < -0.39 is 12.1 Å². The zero-order chi connectivity index (χ0) is 43.0. The number of ether oxygens (including phenoxy) is 1. The molecule has 0 spiro atoms. The number of esters is 1. The molecule has 0 aliphatic carbocycles. The lowest BCUT2D eigenvalue weighted by Gasteiger charge is -2.22. The van der Waals surface area contributed by atoms with Gasteiger partial charge in [-0.25, -0.2) is 0 Å². The van der Waals surface area contributed by atoms with Gasteiger partial charge in [-0.3, -0.25) is 9.59 Å². The van der Waals surface area contributed by atoms with E-state index >= 15 is 0 Å². The lowest BCUT2D eigenvalue weighted by Crippen LogP contribution is -2.45. The van der Waals surface area contributed by atoms with Crippen LogP contribution in [-0.4, -0.2) is 47.4 Å². The molecule has 6 nitrogen and oxygen atoms in total. The highest BCUT2D eigenvalue weighted by molar-refractivity contribution is 5.76. The topological polar surface area (TPSA) is 95.9 Å². The molecule has 3 N–H and O–H groups in total. The molecule has 0 saturated heterocycles. The zero-order valence-corrected chi connectivity index (χ0v) is 39.7. The molecule has 0 aromatic carbocycles. The molecule has 0 rings (SSSR count). The average Bonchev–Trinajstić information content (AvgIpc) is 3.24. The van der Waals surface area contributed by atoms with Crippen molar-refractivity contribution >= 4 is 11.9 Å². The van der Waals surface area contributed by atoms with Gasteiger partial charge in [-0.2, -0.15) is 0 Å². The zero-order valence-electron chi connectivity index (χ0n) is 39.7. The number of rotatable bonds is 49. The Morgan fingerprint density at radius 2 is 0.797 bits per heavy atom. The van der Waals surface area contributed by atoms with E-state index in [-0.39, 0.29) is 18.5 Å². The maximum atomic E-state index is 12.4. The van der Waals surface area contributed by atoms with Crippen molar-refractivity contribution in [2.45, 2.75) is 302 Å². The average molecular weight is 834 g/mol. The van der Waals surface area contributed by atoms with E-state index in [9.17, 15) is 19.8 Å². The van der Waals surface area contributed by atoms with Gasteiger partial charge in [-0.05, 0) is 51.4 Å². The highest BCUT2D eigenvalue weighted by Crippen LogP contribution is 2.16. The minimum Gasteiger partial charge on any atom is -0.466 e. The summed E-state index contributed by atoms with van der Waals surface area (Å²) >= 11 is 0. The molecular formula is C53H103NO5. The van der Waals surface area contributed by atoms with Gasteiger partial charge in [0.25, 0.3) is 0 Å². The van der Waals surface area contributed by atoms with E-state index in [2.05, 4.69) is 31.3 Å². The van der Waals surface area contributed by atoms with Crippen LogP contribution in [0.1, 0.15) is 290 Å². The Balaban J connectivity index is 3.41. The van der Waals surface area contributed by atoms with Crippen molar-refractivity contribution in [3.8, 4) is 0 Å². The summed E-state index contributed by atoms with van der Waals surface area (Å²) in [6, 6.07) is -0.545. The molecule has 350 valence electrons. The summed E-state index contributed by atoms with van der Waals surface area (Å²) in [6.45, 7) is 4.93. The van der Waals surface area contributed by atoms with Gasteiger partial charge in [-0.1, -0.05) is 238 Å². The molecule has 0 bridgehead atoms. The first kappa shape index (κ1) is 57.6. The third kappa shape index (κ3) is 45.9. The fraction of sp³-hybridized carbons (Fsp3) is 0.925. The third-order valence-corrected chi connectivity index (χ3v) is 12.3. The van der Waals surface area contributed by atoms with Crippen molar-refractivity contribution in [1.29, 1.82) is 0 Å². The standard InChI is InChI=1S/C53H103NO5/c1-3-5-7-9-11-13-15-27-31-35-39-43-47-53(58)59-48-44-40-36-32-28-25-23-21-19-17-16-18-20-22-24-26-30-34-38-42-46-52(57)54-50(49-55)51(56)45-41-37-33-29-14-12-10-8-6-4-2/h16,18,50-51,55-56H,3-15,17,19-49H2,1-2H3,(H,54,57)/b18-16-. The van der Waals surface area contributed by atoms with E-state index in [1.54, 1.807) is 0 Å². The molecule has 2 unspecified atom stereocenters. The number of unbranched alkanes of at least 4 members (excludes halogenated alkanes) is 36. The summed E-state index contributed by atoms with van der Waals surface area (Å²) in [7, 11) is 0. The second kappa shape index (κ2) is 49.3. The molecule has 1 amide bonds. The molecule has 6 heteroatoms. The van der Waals surface area contributed by atoms with Crippen LogP contribution < -0.4 is 5.32 Å². The lowest BCUT2D eigenvalue weighted by molar-refractivity contribution is -0.143. The van der Waals surface area contributed by atoms with Crippen LogP contribution in [0.3, 0.4) is 0 Å². The van der Waals surface area contributed by atoms with Gasteiger partial charge in [0.2, 0.25) is 5.91 Å². The van der Waals surface area contributed by atoms with E-state index in [0.717, 1.165) is 38.5 Å². The molecule has 0 heterocycles. The lowest BCUT2D eigenvalue weighted by atomic mass is 10.0. The number of carbonyl (C=O) groups excluding carboxylic acids is 2. The normalized spacial score (nSPS) is 12.7. The summed E-state index contributed by atoms with van der Waals surface area (Å²) in [5, 5.41) is 23.1. The molecule has 0 fully saturated rings. The van der Waals surface area contributed by atoms with Crippen LogP contribution in [0.25, 0.3) is 0 Å². The first-order valence-electron chi connectivity index (χ1n) is 26.4. The summed E-state index contributed by atoms with van der Waals surface area (Å²) in [4.78, 5) is 24.4. The summed E-state index contributed by atoms with van der Waals surface area (Å²) in [6.07, 6.45) is 56.2. The van der Waals surface area contributed by atoms with Crippen LogP contribution in [0.2, 0.25) is 0 Å². The van der Waals surface area contributed by atoms with Crippen LogP contribution in [0.5, 0.6) is 0 Å². The Labute approximate surface area is 368 Å². The van der Waals surface area contributed by atoms with Gasteiger partial charge in [-0.15, -0.1) is 0 Å². The molecule has 0 radical (unpaired) electrons. The number of carbonyl (C=O) groups is 2. The second-order valence-corrected chi connectivity index (χ2v) is 18.2. The number of allylic oxidation sites excluding steroid dienone is 2. The van der Waals surface area contributed by atoms with E-state index in [1.165, 1.54) is 218 Å². The Morgan fingerprint density at radius 1 is 0.458 bits per heavy atom. The smallest absolute Gasteiger partial charge is 0.305 e. The highest BCUT2D eigenvalue weighted by atomic mass is 16.5. The Kier molecular flexibility index (Phi) is 48.1. The maximum Gasteiger partial charge on any atom is 0.305 e. The molecule has 59 heavy (non-hydrogen) atoms. The van der Waals surface area contributed by atoms with Gasteiger partial charge < -0.3 is 20.3 Å². The van der Waals surface area contributed by atoms with Crippen molar-refractivity contribution in [2.75, 3.05) is 13.2 Å². The van der Waals surface area contributed by atoms with Gasteiger partial charge in [0.05, 0.1) is 25.4 Å². The highest BCUT2D eigenvalue weighted by Gasteiger charge is 2.20. The predicted molar refractivity (Wildman–Crippen MR) is 255 cm³/mol. The second-order valence-electron chi connectivity index (χ2n) is 18.2. The molecule has 0 aliphatic rings. The molecular weight excluding hydrogens is 731 g/mol. The number of aliphatic hydroxyl groups excluding tert-OH is 2. The fourth-order valence-electron chi connectivity index (χ4n) is 8.22. The summed E-state index contributed by atoms with van der Waals surface area (Å²) in [5.74, 6) is -0.0380. The molecule has 0 saturated carbocycles. The number of aliphatic hydroxyl groups is 2. The predicted octanol–water partition coefficient (Wildman–Crippen LogP) is 15.7. The Morgan fingerprint density at radius 3 is 1.20 bits per heavy atom. The minimum absolute atomic E-state index is 0.00685. The first-order valence-corrected chi connectivity index (χ1v) is 26.4. The van der Waals surface area contributed by atoms with Gasteiger partial charge in [0.1, 0.15) is 0 Å². The monoisotopic (exact) mass is 834 g/mol. The number of nitrogens with one attached hydrogen (secondary N) is 1. The number of hydrogen-bond acceptors (Lipinski definition) is 5. The van der Waals surface area contributed by atoms with E-state index in [4.69, 9.17) is 4.74 Å². The fourth-order valence-corrected chi connectivity index (χ4v) is 8.22. The van der Waals surface area contributed by atoms with Crippen LogP contribution in [0, 0.1) is 0 Å². The number of hydrogen-bond donors (Lipinski definition) is 3. The summed E-state index contributed by atoms with van der Waals surface area (Å²) < 4.78 is 5.46. The largest absolute Gasteiger partial charge is 0.466 e. The van der Waals surface area contributed by atoms with Crippen LogP contribution in [0.4, 0.5) is 0 Å². The maximum absolute atomic E-state index is 12.4. The van der Waals surface area contributed by atoms with Crippen LogP contribution in [-0.2, 0) is 14.3 Å². The Bertz CT molecular complexity index is 878. The van der Waals surface area contributed by atoms with Crippen LogP contribution in [0.15, 0.2) is 12.2 Å². The SMILES string of the molecule is CCCCCCCCCCCCCCC(=O)OCCCCCCCCCCC/C=C\CCCCCCCCCC(=O)NC(CO)C(O)CCCCCCCCCCCC. The number of amides is 1.